The number of hydrogen-bond donors (Lipinski definition) is 0. The molecule has 1 aromatic rings. The number of thioether (sulfide) groups is 1. The average Bonchev–Trinajstić information content (AvgIpc) is 2.45. The van der Waals surface area contributed by atoms with Gasteiger partial charge in [-0.3, -0.25) is 0 Å². The molecule has 0 unspecified atom stereocenters. The van der Waals surface area contributed by atoms with Crippen molar-refractivity contribution in [1.82, 2.24) is 0 Å². The van der Waals surface area contributed by atoms with Gasteiger partial charge in [0.05, 0.1) is 4.90 Å². The average molecular weight is 393 g/mol. The van der Waals surface area contributed by atoms with E-state index in [0.29, 0.717) is 10.3 Å². The molecule has 0 aliphatic heterocycles. The second kappa shape index (κ2) is 8.59. The van der Waals surface area contributed by atoms with Gasteiger partial charge in [0, 0.05) is 22.2 Å². The van der Waals surface area contributed by atoms with E-state index in [2.05, 4.69) is 29.8 Å². The topological polar surface area (TPSA) is 34.1 Å². The first kappa shape index (κ1) is 19.0. The lowest BCUT2D eigenvalue weighted by Gasteiger charge is -2.31. The summed E-state index contributed by atoms with van der Waals surface area (Å²) < 4.78 is 22.9. The van der Waals surface area contributed by atoms with E-state index < -0.39 is 9.84 Å². The molecule has 2 nitrogen and oxygen atoms in total. The molecule has 0 bridgehead atoms. The Morgan fingerprint density at radius 2 is 1.62 bits per heavy atom. The van der Waals surface area contributed by atoms with E-state index in [1.807, 2.05) is 23.9 Å². The van der Waals surface area contributed by atoms with Crippen molar-refractivity contribution in [1.29, 1.82) is 0 Å². The van der Waals surface area contributed by atoms with Crippen LogP contribution in [0.5, 0.6) is 0 Å². The minimum absolute atomic E-state index is 0.337. The number of hydrogen-bond acceptors (Lipinski definition) is 3. The zero-order valence-corrected chi connectivity index (χ0v) is 16.3. The molecule has 0 aliphatic carbocycles. The van der Waals surface area contributed by atoms with Gasteiger partial charge >= 0.3 is 0 Å². The SMILES string of the molecule is CCCC(CBr)(CCC)CSc1ccc(S(C)(=O)=O)cc1. The van der Waals surface area contributed by atoms with Gasteiger partial charge in [-0.1, -0.05) is 42.6 Å². The molecular formula is C16H25BrO2S2. The first-order valence-corrected chi connectivity index (χ1v) is 11.4. The van der Waals surface area contributed by atoms with Crippen LogP contribution in [-0.2, 0) is 9.84 Å². The summed E-state index contributed by atoms with van der Waals surface area (Å²) in [7, 11) is -3.10. The number of sulfone groups is 1. The van der Waals surface area contributed by atoms with Gasteiger partial charge in [0.1, 0.15) is 0 Å². The molecule has 0 N–H and O–H groups in total. The quantitative estimate of drug-likeness (QED) is 0.429. The highest BCUT2D eigenvalue weighted by atomic mass is 79.9. The number of halogens is 1. The monoisotopic (exact) mass is 392 g/mol. The summed E-state index contributed by atoms with van der Waals surface area (Å²) in [6.45, 7) is 4.47. The molecule has 0 amide bonds. The van der Waals surface area contributed by atoms with Gasteiger partial charge in [-0.25, -0.2) is 8.42 Å². The van der Waals surface area contributed by atoms with Crippen LogP contribution in [0, 0.1) is 5.41 Å². The van der Waals surface area contributed by atoms with E-state index in [1.165, 1.54) is 31.9 Å². The van der Waals surface area contributed by atoms with E-state index in [0.717, 1.165) is 16.0 Å². The first-order chi connectivity index (χ1) is 9.87. The molecule has 0 fully saturated rings. The van der Waals surface area contributed by atoms with Crippen LogP contribution >= 0.6 is 27.7 Å². The van der Waals surface area contributed by atoms with Crippen LogP contribution in [-0.4, -0.2) is 25.8 Å². The summed E-state index contributed by atoms with van der Waals surface area (Å²) in [6.07, 6.45) is 6.08. The molecule has 0 radical (unpaired) electrons. The third-order valence-corrected chi connectivity index (χ3v) is 7.32. The molecule has 0 saturated carbocycles. The Morgan fingerprint density at radius 3 is 2.00 bits per heavy atom. The summed E-state index contributed by atoms with van der Waals surface area (Å²) >= 11 is 5.52. The molecule has 1 aromatic carbocycles. The lowest BCUT2D eigenvalue weighted by atomic mass is 9.83. The highest BCUT2D eigenvalue weighted by Crippen LogP contribution is 2.38. The van der Waals surface area contributed by atoms with Crippen LogP contribution in [0.25, 0.3) is 0 Å². The van der Waals surface area contributed by atoms with Crippen LogP contribution in [0.4, 0.5) is 0 Å². The van der Waals surface area contributed by atoms with Crippen LogP contribution < -0.4 is 0 Å². The zero-order chi connectivity index (χ0) is 15.9. The van der Waals surface area contributed by atoms with E-state index >= 15 is 0 Å². The standard InChI is InChI=1S/C16H25BrO2S2/c1-4-10-16(12-17,11-5-2)13-20-14-6-8-15(9-7-14)21(3,18)19/h6-9H,4-5,10-13H2,1-3H3. The van der Waals surface area contributed by atoms with Gasteiger partial charge < -0.3 is 0 Å². The van der Waals surface area contributed by atoms with Crippen LogP contribution in [0.3, 0.4) is 0 Å². The second-order valence-corrected chi connectivity index (χ2v) is 9.29. The van der Waals surface area contributed by atoms with Gasteiger partial charge in [-0.15, -0.1) is 11.8 Å². The molecule has 1 rings (SSSR count). The van der Waals surface area contributed by atoms with Crippen LogP contribution in [0.15, 0.2) is 34.1 Å². The Labute approximate surface area is 142 Å². The van der Waals surface area contributed by atoms with E-state index in [-0.39, 0.29) is 0 Å². The molecule has 120 valence electrons. The fourth-order valence-electron chi connectivity index (χ4n) is 2.52. The minimum Gasteiger partial charge on any atom is -0.224 e. The Balaban J connectivity index is 2.76. The highest BCUT2D eigenvalue weighted by molar-refractivity contribution is 9.09. The molecule has 0 aliphatic rings. The number of rotatable bonds is 9. The van der Waals surface area contributed by atoms with Crippen molar-refractivity contribution in [3.05, 3.63) is 24.3 Å². The van der Waals surface area contributed by atoms with Gasteiger partial charge in [0.2, 0.25) is 0 Å². The molecule has 0 saturated heterocycles. The lowest BCUT2D eigenvalue weighted by Crippen LogP contribution is -2.25. The summed E-state index contributed by atoms with van der Waals surface area (Å²) in [5, 5.41) is 1.02. The van der Waals surface area contributed by atoms with Crippen LogP contribution in [0.2, 0.25) is 0 Å². The normalized spacial score (nSPS) is 12.6. The summed E-state index contributed by atoms with van der Waals surface area (Å²) in [5.41, 5.74) is 0.337. The maximum Gasteiger partial charge on any atom is 0.175 e. The van der Waals surface area contributed by atoms with Gasteiger partial charge in [-0.05, 0) is 42.5 Å². The lowest BCUT2D eigenvalue weighted by molar-refractivity contribution is 0.320. The number of benzene rings is 1. The van der Waals surface area contributed by atoms with Crippen molar-refractivity contribution in [3.8, 4) is 0 Å². The van der Waals surface area contributed by atoms with Crippen molar-refractivity contribution in [3.63, 3.8) is 0 Å². The van der Waals surface area contributed by atoms with E-state index in [1.54, 1.807) is 12.1 Å². The molecule has 0 aromatic heterocycles. The predicted molar refractivity (Wildman–Crippen MR) is 96.3 cm³/mol. The minimum atomic E-state index is -3.10. The maximum atomic E-state index is 11.5. The molecular weight excluding hydrogens is 368 g/mol. The van der Waals surface area contributed by atoms with Crippen molar-refractivity contribution < 1.29 is 8.42 Å². The van der Waals surface area contributed by atoms with Crippen molar-refractivity contribution in [2.45, 2.75) is 49.3 Å². The summed E-state index contributed by atoms with van der Waals surface area (Å²) in [5.74, 6) is 1.07. The first-order valence-electron chi connectivity index (χ1n) is 7.36. The fraction of sp³-hybridized carbons (Fsp3) is 0.625. The zero-order valence-electron chi connectivity index (χ0n) is 13.1. The third-order valence-electron chi connectivity index (χ3n) is 3.64. The smallest absolute Gasteiger partial charge is 0.175 e. The van der Waals surface area contributed by atoms with Crippen molar-refractivity contribution in [2.75, 3.05) is 17.3 Å². The molecule has 21 heavy (non-hydrogen) atoms. The second-order valence-electron chi connectivity index (χ2n) is 5.67. The Kier molecular flexibility index (Phi) is 7.79. The Hall–Kier alpha value is -0.000000000000000111. The van der Waals surface area contributed by atoms with Crippen LogP contribution in [0.1, 0.15) is 39.5 Å². The molecule has 0 spiro atoms. The van der Waals surface area contributed by atoms with Gasteiger partial charge in [0.25, 0.3) is 0 Å². The van der Waals surface area contributed by atoms with Gasteiger partial charge in [-0.2, -0.15) is 0 Å². The third kappa shape index (κ3) is 5.95. The number of alkyl halides is 1. The van der Waals surface area contributed by atoms with E-state index in [4.69, 9.17) is 0 Å². The maximum absolute atomic E-state index is 11.5. The fourth-order valence-corrected chi connectivity index (χ4v) is 5.37. The largest absolute Gasteiger partial charge is 0.224 e. The van der Waals surface area contributed by atoms with E-state index in [9.17, 15) is 8.42 Å². The van der Waals surface area contributed by atoms with Gasteiger partial charge in [0.15, 0.2) is 9.84 Å². The van der Waals surface area contributed by atoms with Crippen molar-refractivity contribution >= 4 is 37.5 Å². The molecule has 0 heterocycles. The summed E-state index contributed by atoms with van der Waals surface area (Å²) in [4.78, 5) is 1.53. The summed E-state index contributed by atoms with van der Waals surface area (Å²) in [6, 6.07) is 7.23. The molecule has 5 heteroatoms. The Bertz CT molecular complexity index is 518. The highest BCUT2D eigenvalue weighted by Gasteiger charge is 2.27. The van der Waals surface area contributed by atoms with Crippen molar-refractivity contribution in [2.24, 2.45) is 5.41 Å². The Morgan fingerprint density at radius 1 is 1.10 bits per heavy atom. The molecule has 0 atom stereocenters. The predicted octanol–water partition coefficient (Wildman–Crippen LogP) is 5.16.